The van der Waals surface area contributed by atoms with Crippen molar-refractivity contribution in [2.24, 2.45) is 5.92 Å². The van der Waals surface area contributed by atoms with Gasteiger partial charge in [-0.25, -0.2) is 0 Å². The fraction of sp³-hybridized carbons (Fsp3) is 0.714. The highest BCUT2D eigenvalue weighted by atomic mass is 16.6. The molecule has 1 saturated heterocycles. The van der Waals surface area contributed by atoms with Crippen LogP contribution in [0.2, 0.25) is 0 Å². The number of aliphatic hydroxyl groups excluding tert-OH is 2. The van der Waals surface area contributed by atoms with Crippen LogP contribution < -0.4 is 0 Å². The molecule has 1 fully saturated rings. The van der Waals surface area contributed by atoms with Crippen molar-refractivity contribution < 1.29 is 14.9 Å². The second-order valence-electron chi connectivity index (χ2n) is 8.86. The Hall–Kier alpha value is -0.980. The third-order valence-electron chi connectivity index (χ3n) is 4.60. The Morgan fingerprint density at radius 1 is 1.12 bits per heavy atom. The molecule has 1 unspecified atom stereocenters. The van der Waals surface area contributed by atoms with Crippen molar-refractivity contribution in [3.63, 3.8) is 0 Å². The molecule has 26 heavy (non-hydrogen) atoms. The van der Waals surface area contributed by atoms with Gasteiger partial charge in [0.1, 0.15) is 0 Å². The highest BCUT2D eigenvalue weighted by molar-refractivity contribution is 5.14. The van der Waals surface area contributed by atoms with Gasteiger partial charge in [-0.2, -0.15) is 0 Å². The minimum absolute atomic E-state index is 0.255. The number of rotatable bonds is 6. The minimum Gasteiger partial charge on any atom is -0.390 e. The average molecular weight is 365 g/mol. The van der Waals surface area contributed by atoms with E-state index in [1.807, 2.05) is 43.9 Å². The summed E-state index contributed by atoms with van der Waals surface area (Å²) in [6.45, 7) is 12.7. The largest absolute Gasteiger partial charge is 0.390 e. The molecule has 1 aromatic rings. The highest BCUT2D eigenvalue weighted by Gasteiger charge is 2.33. The smallest absolute Gasteiger partial charge is 0.216 e. The van der Waals surface area contributed by atoms with E-state index in [0.717, 1.165) is 13.0 Å². The van der Waals surface area contributed by atoms with Gasteiger partial charge >= 0.3 is 0 Å². The number of ether oxygens (including phenoxy) is 1. The molecule has 1 aromatic carbocycles. The first-order chi connectivity index (χ1) is 12.1. The monoisotopic (exact) mass is 364 g/mol. The number of benzene rings is 1. The lowest BCUT2D eigenvalue weighted by molar-refractivity contribution is -0.242. The van der Waals surface area contributed by atoms with Crippen LogP contribution in [0.15, 0.2) is 30.3 Å². The lowest BCUT2D eigenvalue weighted by Crippen LogP contribution is -2.47. The van der Waals surface area contributed by atoms with Gasteiger partial charge in [-0.3, -0.25) is 9.80 Å². The highest BCUT2D eigenvalue weighted by Crippen LogP contribution is 2.22. The maximum atomic E-state index is 10.6. The molecule has 0 radical (unpaired) electrons. The summed E-state index contributed by atoms with van der Waals surface area (Å²) in [5, 5.41) is 21.1. The molecule has 3 atom stereocenters. The van der Waals surface area contributed by atoms with Gasteiger partial charge in [-0.05, 0) is 38.7 Å². The molecule has 148 valence electrons. The quantitative estimate of drug-likeness (QED) is 0.760. The van der Waals surface area contributed by atoms with E-state index in [1.165, 1.54) is 5.56 Å². The van der Waals surface area contributed by atoms with E-state index in [1.54, 1.807) is 0 Å². The van der Waals surface area contributed by atoms with Gasteiger partial charge in [0.15, 0.2) is 0 Å². The average Bonchev–Trinajstić information content (AvgIpc) is 2.65. The van der Waals surface area contributed by atoms with E-state index >= 15 is 0 Å². The van der Waals surface area contributed by atoms with Crippen molar-refractivity contribution in [1.82, 2.24) is 9.80 Å². The van der Waals surface area contributed by atoms with E-state index in [4.69, 9.17) is 4.74 Å². The summed E-state index contributed by atoms with van der Waals surface area (Å²) >= 11 is 0. The first-order valence-electron chi connectivity index (χ1n) is 9.70. The molecule has 2 N–H and O–H groups in total. The molecule has 0 saturated carbocycles. The maximum absolute atomic E-state index is 10.6. The van der Waals surface area contributed by atoms with Crippen LogP contribution >= 0.6 is 0 Å². The van der Waals surface area contributed by atoms with Gasteiger partial charge in [0, 0.05) is 32.2 Å². The van der Waals surface area contributed by atoms with Crippen LogP contribution in [0.3, 0.4) is 0 Å². The number of aliphatic hydroxyl groups is 2. The fourth-order valence-electron chi connectivity index (χ4n) is 3.56. The van der Waals surface area contributed by atoms with Crippen molar-refractivity contribution >= 4 is 0 Å². The van der Waals surface area contributed by atoms with Crippen LogP contribution in [-0.4, -0.2) is 63.8 Å². The first-order valence-corrected chi connectivity index (χ1v) is 9.70. The summed E-state index contributed by atoms with van der Waals surface area (Å²) < 4.78 is 5.74. The zero-order chi connectivity index (χ0) is 19.3. The molecule has 0 aliphatic carbocycles. The summed E-state index contributed by atoms with van der Waals surface area (Å²) in [5.74, 6) is 0.538. The van der Waals surface area contributed by atoms with Gasteiger partial charge in [0.25, 0.3) is 0 Å². The summed E-state index contributed by atoms with van der Waals surface area (Å²) in [6.07, 6.45) is -0.511. The Kier molecular flexibility index (Phi) is 7.62. The van der Waals surface area contributed by atoms with E-state index in [2.05, 4.69) is 30.9 Å². The third-order valence-corrected chi connectivity index (χ3v) is 4.60. The number of nitrogens with zero attached hydrogens (tertiary/aromatic N) is 2. The maximum Gasteiger partial charge on any atom is 0.216 e. The van der Waals surface area contributed by atoms with E-state index in [-0.39, 0.29) is 6.04 Å². The van der Waals surface area contributed by atoms with Crippen molar-refractivity contribution in [2.75, 3.05) is 19.6 Å². The molecule has 1 aliphatic rings. The topological polar surface area (TPSA) is 56.2 Å². The Labute approximate surface area is 158 Å². The molecular weight excluding hydrogens is 328 g/mol. The number of hydrogen-bond acceptors (Lipinski definition) is 5. The molecule has 5 nitrogen and oxygen atoms in total. The van der Waals surface area contributed by atoms with Gasteiger partial charge < -0.3 is 14.9 Å². The first kappa shape index (κ1) is 21.3. The van der Waals surface area contributed by atoms with Gasteiger partial charge in [-0.15, -0.1) is 0 Å². The van der Waals surface area contributed by atoms with Crippen molar-refractivity contribution in [1.29, 1.82) is 0 Å². The minimum atomic E-state index is -1.00. The molecule has 0 amide bonds. The van der Waals surface area contributed by atoms with Gasteiger partial charge in [0.2, 0.25) is 6.41 Å². The molecular formula is C21H36N2O3. The fourth-order valence-corrected chi connectivity index (χ4v) is 3.56. The van der Waals surface area contributed by atoms with E-state index < -0.39 is 18.1 Å². The van der Waals surface area contributed by atoms with E-state index in [0.29, 0.717) is 25.6 Å². The van der Waals surface area contributed by atoms with Crippen LogP contribution in [0.25, 0.3) is 0 Å². The molecule has 1 heterocycles. The molecule has 0 bridgehead atoms. The standard InChI is InChI=1S/C21H36N2O3/c1-16(2)11-18-13-23(20(25)26-21(3,4)5)15-19(24)14-22(18)12-17-9-7-6-8-10-17/h6-10,16,18-20,24-25H,11-15H2,1-5H3/t18-,19-,20?/m1/s1. The Bertz CT molecular complexity index is 530. The normalized spacial score (nSPS) is 24.6. The molecule has 0 aromatic heterocycles. The summed E-state index contributed by atoms with van der Waals surface area (Å²) in [5.41, 5.74) is 0.807. The van der Waals surface area contributed by atoms with Crippen molar-refractivity contribution in [2.45, 2.75) is 71.7 Å². The van der Waals surface area contributed by atoms with Gasteiger partial charge in [-0.1, -0.05) is 44.2 Å². The van der Waals surface area contributed by atoms with Crippen LogP contribution in [0, 0.1) is 5.92 Å². The number of hydrogen-bond donors (Lipinski definition) is 2. The zero-order valence-corrected chi connectivity index (χ0v) is 16.9. The Morgan fingerprint density at radius 3 is 2.35 bits per heavy atom. The Balaban J connectivity index is 2.15. The predicted molar refractivity (Wildman–Crippen MR) is 105 cm³/mol. The summed E-state index contributed by atoms with van der Waals surface area (Å²) in [6, 6.07) is 10.6. The molecule has 2 rings (SSSR count). The molecule has 0 spiro atoms. The predicted octanol–water partition coefficient (Wildman–Crippen LogP) is 2.67. The van der Waals surface area contributed by atoms with Gasteiger partial charge in [0.05, 0.1) is 11.7 Å². The van der Waals surface area contributed by atoms with Crippen LogP contribution in [0.5, 0.6) is 0 Å². The van der Waals surface area contributed by atoms with Crippen LogP contribution in [0.1, 0.15) is 46.6 Å². The Morgan fingerprint density at radius 2 is 1.77 bits per heavy atom. The lowest BCUT2D eigenvalue weighted by atomic mass is 10.0. The summed E-state index contributed by atoms with van der Waals surface area (Å²) in [7, 11) is 0. The van der Waals surface area contributed by atoms with Crippen molar-refractivity contribution in [3.8, 4) is 0 Å². The number of β-amino-alcohol motifs (C(OH)–C–C–N with tert-alkyl or cyclic N) is 1. The lowest BCUT2D eigenvalue weighted by Gasteiger charge is -2.36. The second-order valence-corrected chi connectivity index (χ2v) is 8.86. The molecule has 1 aliphatic heterocycles. The van der Waals surface area contributed by atoms with Crippen LogP contribution in [0.4, 0.5) is 0 Å². The second kappa shape index (κ2) is 9.29. The van der Waals surface area contributed by atoms with Crippen molar-refractivity contribution in [3.05, 3.63) is 35.9 Å². The molecule has 5 heteroatoms. The SMILES string of the molecule is CC(C)C[C@@H]1CN(C(O)OC(C)(C)C)C[C@H](O)CN1Cc1ccccc1. The third kappa shape index (κ3) is 6.97. The van der Waals surface area contributed by atoms with E-state index in [9.17, 15) is 10.2 Å². The van der Waals surface area contributed by atoms with Crippen LogP contribution in [-0.2, 0) is 11.3 Å². The summed E-state index contributed by atoms with van der Waals surface area (Å²) in [4.78, 5) is 4.22. The zero-order valence-electron chi connectivity index (χ0n) is 16.9.